The average molecular weight is 238 g/mol. The van der Waals surface area contributed by atoms with Gasteiger partial charge in [-0.05, 0) is 19.9 Å². The molecule has 0 aliphatic heterocycles. The third-order valence-electron chi connectivity index (χ3n) is 2.08. The topological polar surface area (TPSA) is 99.3 Å². The SMILES string of the molecule is CC(C)(CC(=O)O)NC(=O)c1cc[nH]c(=O)c1. The quantitative estimate of drug-likeness (QED) is 0.705. The van der Waals surface area contributed by atoms with E-state index in [0.29, 0.717) is 0 Å². The van der Waals surface area contributed by atoms with Gasteiger partial charge in [-0.3, -0.25) is 14.4 Å². The number of aromatic nitrogens is 1. The summed E-state index contributed by atoms with van der Waals surface area (Å²) < 4.78 is 0. The second-order valence-corrected chi connectivity index (χ2v) is 4.35. The lowest BCUT2D eigenvalue weighted by atomic mass is 10.0. The van der Waals surface area contributed by atoms with Gasteiger partial charge in [-0.15, -0.1) is 0 Å². The second kappa shape index (κ2) is 4.82. The van der Waals surface area contributed by atoms with Crippen molar-refractivity contribution in [1.29, 1.82) is 0 Å². The summed E-state index contributed by atoms with van der Waals surface area (Å²) in [5.41, 5.74) is -1.05. The predicted octanol–water partition coefficient (Wildman–Crippen LogP) is 0.358. The van der Waals surface area contributed by atoms with Crippen molar-refractivity contribution in [2.45, 2.75) is 25.8 Å². The number of amides is 1. The first-order chi connectivity index (χ1) is 7.80. The minimum Gasteiger partial charge on any atom is -0.481 e. The van der Waals surface area contributed by atoms with Crippen LogP contribution in [0.5, 0.6) is 0 Å². The molecule has 0 spiro atoms. The number of carbonyl (C=O) groups is 2. The summed E-state index contributed by atoms with van der Waals surface area (Å²) in [6.07, 6.45) is 1.17. The van der Waals surface area contributed by atoms with Crippen LogP contribution < -0.4 is 10.9 Å². The van der Waals surface area contributed by atoms with Gasteiger partial charge in [-0.1, -0.05) is 0 Å². The number of carboxylic acids is 1. The monoisotopic (exact) mass is 238 g/mol. The van der Waals surface area contributed by atoms with E-state index in [9.17, 15) is 14.4 Å². The maximum Gasteiger partial charge on any atom is 0.305 e. The summed E-state index contributed by atoms with van der Waals surface area (Å²) in [6.45, 7) is 3.21. The van der Waals surface area contributed by atoms with Crippen molar-refractivity contribution in [2.24, 2.45) is 0 Å². The number of carbonyl (C=O) groups excluding carboxylic acids is 1. The summed E-state index contributed by atoms with van der Waals surface area (Å²) in [4.78, 5) is 35.7. The summed E-state index contributed by atoms with van der Waals surface area (Å²) in [7, 11) is 0. The zero-order valence-electron chi connectivity index (χ0n) is 9.61. The van der Waals surface area contributed by atoms with Gasteiger partial charge in [0, 0.05) is 23.4 Å². The zero-order chi connectivity index (χ0) is 13.1. The van der Waals surface area contributed by atoms with E-state index in [4.69, 9.17) is 5.11 Å². The van der Waals surface area contributed by atoms with Crippen LogP contribution in [0, 0.1) is 0 Å². The first-order valence-electron chi connectivity index (χ1n) is 5.03. The fourth-order valence-corrected chi connectivity index (χ4v) is 1.39. The van der Waals surface area contributed by atoms with E-state index in [-0.39, 0.29) is 17.5 Å². The first kappa shape index (κ1) is 13.0. The first-order valence-corrected chi connectivity index (χ1v) is 5.03. The molecule has 0 aliphatic carbocycles. The Balaban J connectivity index is 2.79. The highest BCUT2D eigenvalue weighted by atomic mass is 16.4. The Morgan fingerprint density at radius 2 is 2.12 bits per heavy atom. The van der Waals surface area contributed by atoms with Crippen LogP contribution in [0.1, 0.15) is 30.6 Å². The second-order valence-electron chi connectivity index (χ2n) is 4.35. The molecule has 0 aromatic carbocycles. The number of hydrogen-bond donors (Lipinski definition) is 3. The number of H-pyrrole nitrogens is 1. The van der Waals surface area contributed by atoms with Crippen LogP contribution >= 0.6 is 0 Å². The van der Waals surface area contributed by atoms with Gasteiger partial charge < -0.3 is 15.4 Å². The maximum atomic E-state index is 11.7. The van der Waals surface area contributed by atoms with E-state index in [1.165, 1.54) is 12.3 Å². The Morgan fingerprint density at radius 3 is 2.65 bits per heavy atom. The number of rotatable bonds is 4. The van der Waals surface area contributed by atoms with Crippen molar-refractivity contribution in [1.82, 2.24) is 10.3 Å². The van der Waals surface area contributed by atoms with Crippen LogP contribution in [0.15, 0.2) is 23.1 Å². The van der Waals surface area contributed by atoms with Crippen LogP contribution in [0.3, 0.4) is 0 Å². The fourth-order valence-electron chi connectivity index (χ4n) is 1.39. The summed E-state index contributed by atoms with van der Waals surface area (Å²) in [5.74, 6) is -1.47. The number of nitrogens with one attached hydrogen (secondary N) is 2. The molecule has 0 radical (unpaired) electrons. The third-order valence-corrected chi connectivity index (χ3v) is 2.08. The number of carboxylic acid groups (broad SMARTS) is 1. The molecule has 1 heterocycles. The largest absolute Gasteiger partial charge is 0.481 e. The summed E-state index contributed by atoms with van der Waals surface area (Å²) >= 11 is 0. The van der Waals surface area contributed by atoms with Crippen molar-refractivity contribution in [3.05, 3.63) is 34.2 Å². The number of aromatic amines is 1. The molecular weight excluding hydrogens is 224 g/mol. The summed E-state index contributed by atoms with van der Waals surface area (Å²) in [5, 5.41) is 11.2. The Labute approximate surface area is 97.7 Å². The maximum absolute atomic E-state index is 11.7. The van der Waals surface area contributed by atoms with Crippen LogP contribution in [0.25, 0.3) is 0 Å². The molecule has 0 atom stereocenters. The van der Waals surface area contributed by atoms with Gasteiger partial charge in [-0.2, -0.15) is 0 Å². The molecule has 0 fully saturated rings. The molecule has 92 valence electrons. The van der Waals surface area contributed by atoms with E-state index >= 15 is 0 Å². The smallest absolute Gasteiger partial charge is 0.305 e. The normalized spacial score (nSPS) is 10.9. The Hall–Kier alpha value is -2.11. The van der Waals surface area contributed by atoms with Crippen molar-refractivity contribution in [3.63, 3.8) is 0 Å². The molecule has 1 aromatic heterocycles. The van der Waals surface area contributed by atoms with Crippen molar-refractivity contribution < 1.29 is 14.7 Å². The minimum atomic E-state index is -0.999. The van der Waals surface area contributed by atoms with E-state index < -0.39 is 17.4 Å². The average Bonchev–Trinajstić information content (AvgIpc) is 2.14. The highest BCUT2D eigenvalue weighted by molar-refractivity contribution is 5.94. The molecule has 1 aromatic rings. The highest BCUT2D eigenvalue weighted by Gasteiger charge is 2.24. The van der Waals surface area contributed by atoms with Crippen LogP contribution in [0.4, 0.5) is 0 Å². The molecule has 17 heavy (non-hydrogen) atoms. The van der Waals surface area contributed by atoms with Gasteiger partial charge >= 0.3 is 5.97 Å². The molecule has 6 nitrogen and oxygen atoms in total. The predicted molar refractivity (Wildman–Crippen MR) is 60.9 cm³/mol. The van der Waals surface area contributed by atoms with E-state index in [1.54, 1.807) is 13.8 Å². The van der Waals surface area contributed by atoms with Crippen LogP contribution in [0.2, 0.25) is 0 Å². The van der Waals surface area contributed by atoms with Crippen LogP contribution in [-0.2, 0) is 4.79 Å². The zero-order valence-corrected chi connectivity index (χ0v) is 9.61. The standard InChI is InChI=1S/C11H14N2O4/c1-11(2,6-9(15)16)13-10(17)7-3-4-12-8(14)5-7/h3-5H,6H2,1-2H3,(H,12,14)(H,13,17)(H,15,16). The molecular formula is C11H14N2O4. The van der Waals surface area contributed by atoms with Gasteiger partial charge in [0.1, 0.15) is 0 Å². The van der Waals surface area contributed by atoms with Crippen molar-refractivity contribution in [3.8, 4) is 0 Å². The van der Waals surface area contributed by atoms with Crippen LogP contribution in [-0.4, -0.2) is 27.5 Å². The number of hydrogen-bond acceptors (Lipinski definition) is 3. The highest BCUT2D eigenvalue weighted by Crippen LogP contribution is 2.09. The van der Waals surface area contributed by atoms with Gasteiger partial charge in [0.2, 0.25) is 5.56 Å². The Morgan fingerprint density at radius 1 is 1.47 bits per heavy atom. The minimum absolute atomic E-state index is 0.193. The van der Waals surface area contributed by atoms with E-state index in [1.807, 2.05) is 0 Å². The van der Waals surface area contributed by atoms with Gasteiger partial charge in [-0.25, -0.2) is 0 Å². The fraction of sp³-hybridized carbons (Fsp3) is 0.364. The number of pyridine rings is 1. The molecule has 3 N–H and O–H groups in total. The third kappa shape index (κ3) is 4.10. The molecule has 0 unspecified atom stereocenters. The van der Waals surface area contributed by atoms with Gasteiger partial charge in [0.05, 0.1) is 6.42 Å². The molecule has 0 saturated heterocycles. The lowest BCUT2D eigenvalue weighted by Crippen LogP contribution is -2.45. The number of aliphatic carboxylic acids is 1. The van der Waals surface area contributed by atoms with Crippen molar-refractivity contribution in [2.75, 3.05) is 0 Å². The lowest BCUT2D eigenvalue weighted by Gasteiger charge is -2.24. The van der Waals surface area contributed by atoms with Gasteiger partial charge in [0.25, 0.3) is 5.91 Å². The van der Waals surface area contributed by atoms with Gasteiger partial charge in [0.15, 0.2) is 0 Å². The summed E-state index contributed by atoms with van der Waals surface area (Å²) in [6, 6.07) is 2.61. The van der Waals surface area contributed by atoms with Crippen molar-refractivity contribution >= 4 is 11.9 Å². The van der Waals surface area contributed by atoms with E-state index in [2.05, 4.69) is 10.3 Å². The Kier molecular flexibility index (Phi) is 3.67. The molecule has 0 bridgehead atoms. The van der Waals surface area contributed by atoms with E-state index in [0.717, 1.165) is 6.07 Å². The Bertz CT molecular complexity index is 490. The molecule has 0 saturated carbocycles. The molecule has 6 heteroatoms. The lowest BCUT2D eigenvalue weighted by molar-refractivity contribution is -0.138. The molecule has 1 amide bonds. The molecule has 1 rings (SSSR count). The molecule has 0 aliphatic rings.